The molecule has 6 nitrogen and oxygen atoms in total. The first-order chi connectivity index (χ1) is 26.4. The number of carbonyl (C=O) groups excluding carboxylic acids is 2. The third-order valence-electron chi connectivity index (χ3n) is 10.6. The predicted molar refractivity (Wildman–Crippen MR) is 227 cm³/mol. The summed E-state index contributed by atoms with van der Waals surface area (Å²) < 4.78 is 12.9. The molecule has 0 fully saturated rings. The number of benzene rings is 1. The molecule has 1 aromatic rings. The Bertz CT molecular complexity index is 1200. The smallest absolute Gasteiger partial charge is 0.314 e. The van der Waals surface area contributed by atoms with Crippen molar-refractivity contribution in [3.63, 3.8) is 0 Å². The summed E-state index contributed by atoms with van der Waals surface area (Å²) in [5.41, 5.74) is 0.00352. The van der Waals surface area contributed by atoms with Gasteiger partial charge < -0.3 is 9.47 Å². The number of allylic oxidation sites excluding steroid dienone is 1. The Morgan fingerprint density at radius 3 is 1.06 bits per heavy atom. The van der Waals surface area contributed by atoms with Gasteiger partial charge in [0.05, 0.1) is 25.9 Å². The zero-order valence-corrected chi connectivity index (χ0v) is 36.1. The molecule has 0 amide bonds. The van der Waals surface area contributed by atoms with Gasteiger partial charge in [-0.2, -0.15) is 10.5 Å². The van der Waals surface area contributed by atoms with Crippen molar-refractivity contribution in [2.75, 3.05) is 0 Å². The first-order valence-electron chi connectivity index (χ1n) is 21.9. The van der Waals surface area contributed by atoms with E-state index in [1.165, 1.54) is 126 Å². The molecule has 0 saturated heterocycles. The van der Waals surface area contributed by atoms with Gasteiger partial charge in [0.1, 0.15) is 29.2 Å². The Balaban J connectivity index is 2.26. The van der Waals surface area contributed by atoms with Crippen LogP contribution >= 0.6 is 23.5 Å². The van der Waals surface area contributed by atoms with E-state index in [0.29, 0.717) is 25.5 Å². The van der Waals surface area contributed by atoms with Crippen LogP contribution in [0.5, 0.6) is 11.5 Å². The molecule has 0 N–H and O–H groups in total. The summed E-state index contributed by atoms with van der Waals surface area (Å²) in [5.74, 6) is 0.0241. The average Bonchev–Trinajstić information content (AvgIpc) is 3.62. The largest absolute Gasteiger partial charge is 0.425 e. The normalized spacial score (nSPS) is 12.2. The van der Waals surface area contributed by atoms with E-state index >= 15 is 0 Å². The van der Waals surface area contributed by atoms with E-state index in [1.54, 1.807) is 12.1 Å². The standard InChI is InChI=1S/C46H72N2O4S2/c1-5-9-13-17-21-25-29-37(30-26-22-18-14-10-6-2)44(49)51-40-33-34-41(43-42(40)53-46(54-43)39(35-47)36-48)52-45(50)38(31-27-23-19-15-11-7-3)32-28-24-20-16-12-8-4/h33-34,37-38H,5-32H2,1-4H3. The molecular weight excluding hydrogens is 709 g/mol. The summed E-state index contributed by atoms with van der Waals surface area (Å²) in [5, 5.41) is 19.4. The van der Waals surface area contributed by atoms with E-state index in [0.717, 1.165) is 77.0 Å². The second-order valence-corrected chi connectivity index (χ2v) is 17.6. The van der Waals surface area contributed by atoms with Gasteiger partial charge in [0.15, 0.2) is 0 Å². The van der Waals surface area contributed by atoms with Gasteiger partial charge in [-0.1, -0.05) is 205 Å². The molecule has 1 aliphatic rings. The zero-order chi connectivity index (χ0) is 39.2. The molecule has 0 spiro atoms. The Labute approximate surface area is 338 Å². The lowest BCUT2D eigenvalue weighted by molar-refractivity contribution is -0.141. The van der Waals surface area contributed by atoms with Crippen LogP contribution in [0.3, 0.4) is 0 Å². The van der Waals surface area contributed by atoms with Crippen LogP contribution in [0.1, 0.15) is 207 Å². The highest BCUT2D eigenvalue weighted by atomic mass is 32.2. The van der Waals surface area contributed by atoms with Crippen LogP contribution in [-0.4, -0.2) is 11.9 Å². The number of rotatable bonds is 32. The van der Waals surface area contributed by atoms with Gasteiger partial charge in [-0.05, 0) is 37.8 Å². The maximum atomic E-state index is 13.9. The lowest BCUT2D eigenvalue weighted by Gasteiger charge is -2.19. The zero-order valence-electron chi connectivity index (χ0n) is 34.5. The molecule has 2 rings (SSSR count). The van der Waals surface area contributed by atoms with Crippen LogP contribution in [0.2, 0.25) is 0 Å². The highest BCUT2D eigenvalue weighted by Gasteiger charge is 2.32. The summed E-state index contributed by atoms with van der Waals surface area (Å²) in [6.07, 6.45) is 31.4. The Kier molecular flexibility index (Phi) is 27.2. The SMILES string of the molecule is CCCCCCCCC(CCCCCCCC)C(=O)Oc1ccc(OC(=O)C(CCCCCCCC)CCCCCCCC)c2c1SC(=C(C#N)C#N)S2. The quantitative estimate of drug-likeness (QED) is 0.0308. The molecule has 0 unspecified atom stereocenters. The van der Waals surface area contributed by atoms with Crippen molar-refractivity contribution in [1.82, 2.24) is 0 Å². The number of nitriles is 2. The van der Waals surface area contributed by atoms with Gasteiger partial charge in [0, 0.05) is 0 Å². The van der Waals surface area contributed by atoms with Crippen molar-refractivity contribution in [2.45, 2.75) is 217 Å². The number of hydrogen-bond acceptors (Lipinski definition) is 8. The highest BCUT2D eigenvalue weighted by molar-refractivity contribution is 8.24. The Morgan fingerprint density at radius 1 is 0.500 bits per heavy atom. The van der Waals surface area contributed by atoms with E-state index in [4.69, 9.17) is 9.47 Å². The average molecular weight is 781 g/mol. The van der Waals surface area contributed by atoms with Crippen molar-refractivity contribution in [3.05, 3.63) is 21.9 Å². The maximum Gasteiger partial charge on any atom is 0.314 e. The minimum absolute atomic E-state index is 0.00352. The van der Waals surface area contributed by atoms with Gasteiger partial charge in [-0.25, -0.2) is 0 Å². The van der Waals surface area contributed by atoms with Crippen LogP contribution < -0.4 is 9.47 Å². The molecule has 54 heavy (non-hydrogen) atoms. The number of esters is 2. The summed E-state index contributed by atoms with van der Waals surface area (Å²) in [4.78, 5) is 29.0. The van der Waals surface area contributed by atoms with E-state index in [1.807, 2.05) is 12.1 Å². The first-order valence-corrected chi connectivity index (χ1v) is 23.6. The third-order valence-corrected chi connectivity index (χ3v) is 13.2. The third kappa shape index (κ3) is 18.9. The Hall–Kier alpha value is -2.42. The van der Waals surface area contributed by atoms with Crippen LogP contribution in [0.4, 0.5) is 0 Å². The van der Waals surface area contributed by atoms with Crippen molar-refractivity contribution in [2.24, 2.45) is 11.8 Å². The van der Waals surface area contributed by atoms with Crippen LogP contribution in [0.25, 0.3) is 0 Å². The molecule has 0 aliphatic carbocycles. The van der Waals surface area contributed by atoms with Crippen molar-refractivity contribution in [1.29, 1.82) is 10.5 Å². The Morgan fingerprint density at radius 2 is 0.778 bits per heavy atom. The number of hydrogen-bond donors (Lipinski definition) is 0. The topological polar surface area (TPSA) is 100 Å². The minimum atomic E-state index is -0.217. The molecule has 0 atom stereocenters. The molecule has 0 bridgehead atoms. The molecule has 1 aliphatic heterocycles. The van der Waals surface area contributed by atoms with Crippen LogP contribution in [0, 0.1) is 34.5 Å². The number of ether oxygens (including phenoxy) is 2. The molecule has 1 aromatic carbocycles. The second-order valence-electron chi connectivity index (χ2n) is 15.3. The number of nitrogens with zero attached hydrogens (tertiary/aromatic N) is 2. The lowest BCUT2D eigenvalue weighted by Crippen LogP contribution is -2.22. The maximum absolute atomic E-state index is 13.9. The van der Waals surface area contributed by atoms with Gasteiger partial charge in [-0.3, -0.25) is 9.59 Å². The number of thioether (sulfide) groups is 2. The van der Waals surface area contributed by atoms with Crippen LogP contribution in [-0.2, 0) is 9.59 Å². The van der Waals surface area contributed by atoms with Gasteiger partial charge in [-0.15, -0.1) is 0 Å². The van der Waals surface area contributed by atoms with E-state index in [-0.39, 0.29) is 29.3 Å². The number of unbranched alkanes of at least 4 members (excludes halogenated alkanes) is 20. The number of fused-ring (bicyclic) bond motifs is 1. The first kappa shape index (κ1) is 47.7. The van der Waals surface area contributed by atoms with Gasteiger partial charge in [0.2, 0.25) is 0 Å². The van der Waals surface area contributed by atoms with Crippen molar-refractivity contribution in [3.8, 4) is 23.6 Å². The summed E-state index contributed by atoms with van der Waals surface area (Å²) in [6, 6.07) is 7.49. The number of carbonyl (C=O) groups is 2. The van der Waals surface area contributed by atoms with Gasteiger partial charge >= 0.3 is 11.9 Å². The summed E-state index contributed by atoms with van der Waals surface area (Å²) in [6.45, 7) is 8.90. The second kappa shape index (κ2) is 30.8. The molecule has 0 radical (unpaired) electrons. The van der Waals surface area contributed by atoms with E-state index in [2.05, 4.69) is 27.7 Å². The monoisotopic (exact) mass is 780 g/mol. The minimum Gasteiger partial charge on any atom is -0.425 e. The van der Waals surface area contributed by atoms with Crippen molar-refractivity contribution >= 4 is 35.5 Å². The van der Waals surface area contributed by atoms with E-state index in [9.17, 15) is 20.1 Å². The van der Waals surface area contributed by atoms with Gasteiger partial charge in [0.25, 0.3) is 0 Å². The van der Waals surface area contributed by atoms with Crippen molar-refractivity contribution < 1.29 is 19.1 Å². The fourth-order valence-corrected chi connectivity index (χ4v) is 9.61. The summed E-state index contributed by atoms with van der Waals surface area (Å²) >= 11 is 2.51. The fourth-order valence-electron chi connectivity index (χ4n) is 7.13. The molecular formula is C46H72N2O4S2. The van der Waals surface area contributed by atoms with Crippen LogP contribution in [0.15, 0.2) is 31.7 Å². The molecule has 0 saturated carbocycles. The lowest BCUT2D eigenvalue weighted by atomic mass is 9.94. The highest BCUT2D eigenvalue weighted by Crippen LogP contribution is 2.59. The predicted octanol–water partition coefficient (Wildman–Crippen LogP) is 15.2. The fraction of sp³-hybridized carbons (Fsp3) is 0.739. The molecule has 1 heterocycles. The molecule has 8 heteroatoms. The summed E-state index contributed by atoms with van der Waals surface area (Å²) in [7, 11) is 0. The van der Waals surface area contributed by atoms with E-state index < -0.39 is 0 Å². The molecule has 302 valence electrons. The molecule has 0 aromatic heterocycles.